The van der Waals surface area contributed by atoms with Gasteiger partial charge >= 0.3 is 0 Å². The number of hydrogen-bond acceptors (Lipinski definition) is 6. The van der Waals surface area contributed by atoms with Crippen molar-refractivity contribution in [2.24, 2.45) is 0 Å². The summed E-state index contributed by atoms with van der Waals surface area (Å²) < 4.78 is 38.2. The minimum atomic E-state index is -3.62. The topological polar surface area (TPSA) is 110 Å². The number of benzene rings is 1. The van der Waals surface area contributed by atoms with Crippen LogP contribution in [-0.4, -0.2) is 38.7 Å². The number of nitrogens with one attached hydrogen (secondary N) is 3. The number of rotatable bonds is 6. The van der Waals surface area contributed by atoms with E-state index in [2.05, 4.69) is 31.3 Å². The monoisotopic (exact) mass is 487 g/mol. The van der Waals surface area contributed by atoms with Crippen molar-refractivity contribution in [2.75, 3.05) is 18.5 Å². The highest BCUT2D eigenvalue weighted by molar-refractivity contribution is 9.10. The number of halogens is 1. The molecule has 1 amide bonds. The van der Waals surface area contributed by atoms with Crippen LogP contribution in [0.1, 0.15) is 23.4 Å². The third-order valence-corrected chi connectivity index (χ3v) is 6.04. The third kappa shape index (κ3) is 5.61. The average Bonchev–Trinajstić information content (AvgIpc) is 3.32. The number of sulfonamides is 1. The van der Waals surface area contributed by atoms with Crippen molar-refractivity contribution in [3.05, 3.63) is 46.8 Å². The van der Waals surface area contributed by atoms with E-state index in [1.54, 1.807) is 18.2 Å². The fourth-order valence-electron chi connectivity index (χ4n) is 2.57. The standard InChI is InChI=1S/C17H18BrN3O5S2/c18-15-8-7-14(26-15)16(22)21-17(27)20-11-3-5-13(6-4-11)28(23,24)19-10-12-2-1-9-25-12/h3-8,12,19H,1-2,9-10H2,(H2,20,21,22,27). The summed E-state index contributed by atoms with van der Waals surface area (Å²) in [4.78, 5) is 12.1. The number of carbonyl (C=O) groups is 1. The van der Waals surface area contributed by atoms with Gasteiger partial charge in [-0.3, -0.25) is 10.1 Å². The fraction of sp³-hybridized carbons (Fsp3) is 0.294. The number of furan rings is 1. The molecule has 0 radical (unpaired) electrons. The number of amides is 1. The highest BCUT2D eigenvalue weighted by Crippen LogP contribution is 2.16. The van der Waals surface area contributed by atoms with Crippen LogP contribution >= 0.6 is 28.1 Å². The lowest BCUT2D eigenvalue weighted by Crippen LogP contribution is -2.34. The van der Waals surface area contributed by atoms with Crippen LogP contribution < -0.4 is 15.4 Å². The molecular weight excluding hydrogens is 470 g/mol. The van der Waals surface area contributed by atoms with E-state index in [0.29, 0.717) is 17.0 Å². The maximum atomic E-state index is 12.3. The molecule has 1 saturated heterocycles. The van der Waals surface area contributed by atoms with Crippen LogP contribution in [0.3, 0.4) is 0 Å². The van der Waals surface area contributed by atoms with Gasteiger partial charge in [0.25, 0.3) is 5.91 Å². The third-order valence-electron chi connectivity index (χ3n) is 3.97. The molecule has 3 rings (SSSR count). The molecule has 0 saturated carbocycles. The summed E-state index contributed by atoms with van der Waals surface area (Å²) in [6.45, 7) is 0.918. The Morgan fingerprint density at radius 1 is 1.21 bits per heavy atom. The molecular formula is C17H18BrN3O5S2. The summed E-state index contributed by atoms with van der Waals surface area (Å²) >= 11 is 8.20. The summed E-state index contributed by atoms with van der Waals surface area (Å²) in [5.41, 5.74) is 0.531. The minimum absolute atomic E-state index is 0.0598. The van der Waals surface area contributed by atoms with Gasteiger partial charge in [0.05, 0.1) is 11.0 Å². The molecule has 11 heteroatoms. The molecule has 1 aliphatic rings. The zero-order valence-electron chi connectivity index (χ0n) is 14.6. The smallest absolute Gasteiger partial charge is 0.293 e. The van der Waals surface area contributed by atoms with Crippen molar-refractivity contribution in [1.29, 1.82) is 0 Å². The van der Waals surface area contributed by atoms with Crippen molar-refractivity contribution in [2.45, 2.75) is 23.8 Å². The second-order valence-corrected chi connectivity index (χ2v) is 8.98. The van der Waals surface area contributed by atoms with Gasteiger partial charge in [-0.1, -0.05) is 0 Å². The molecule has 0 spiro atoms. The first-order chi connectivity index (χ1) is 13.3. The van der Waals surface area contributed by atoms with Crippen LogP contribution in [0.5, 0.6) is 0 Å². The quantitative estimate of drug-likeness (QED) is 0.537. The molecule has 0 bridgehead atoms. The van der Waals surface area contributed by atoms with Crippen molar-refractivity contribution in [1.82, 2.24) is 10.0 Å². The van der Waals surface area contributed by atoms with Gasteiger partial charge in [0.2, 0.25) is 10.0 Å². The second kappa shape index (κ2) is 9.14. The first-order valence-electron chi connectivity index (χ1n) is 8.42. The van der Waals surface area contributed by atoms with Crippen LogP contribution in [0.4, 0.5) is 5.69 Å². The van der Waals surface area contributed by atoms with Crippen LogP contribution in [-0.2, 0) is 14.8 Å². The molecule has 2 heterocycles. The highest BCUT2D eigenvalue weighted by atomic mass is 79.9. The van der Waals surface area contributed by atoms with Gasteiger partial charge in [-0.25, -0.2) is 13.1 Å². The number of anilines is 1. The van der Waals surface area contributed by atoms with Gasteiger partial charge in [0, 0.05) is 18.8 Å². The largest absolute Gasteiger partial charge is 0.444 e. The van der Waals surface area contributed by atoms with E-state index < -0.39 is 15.9 Å². The molecule has 1 atom stereocenters. The first kappa shape index (κ1) is 20.9. The van der Waals surface area contributed by atoms with Gasteiger partial charge in [0.1, 0.15) is 0 Å². The summed E-state index contributed by atoms with van der Waals surface area (Å²) in [5.74, 6) is -0.393. The Balaban J connectivity index is 1.54. The van der Waals surface area contributed by atoms with Gasteiger partial charge in [0.15, 0.2) is 15.5 Å². The van der Waals surface area contributed by atoms with E-state index in [0.717, 1.165) is 12.8 Å². The molecule has 0 aliphatic carbocycles. The number of ether oxygens (including phenoxy) is 1. The lowest BCUT2D eigenvalue weighted by molar-refractivity contribution is 0.0949. The van der Waals surface area contributed by atoms with Gasteiger partial charge in [-0.15, -0.1) is 0 Å². The number of hydrogen-bond donors (Lipinski definition) is 3. The maximum Gasteiger partial charge on any atom is 0.293 e. The Hall–Kier alpha value is -1.79. The lowest BCUT2D eigenvalue weighted by atomic mass is 10.2. The summed E-state index contributed by atoms with van der Waals surface area (Å²) in [7, 11) is -3.62. The molecule has 1 unspecified atom stereocenters. The zero-order chi connectivity index (χ0) is 20.1. The number of carbonyl (C=O) groups excluding carboxylic acids is 1. The second-order valence-electron chi connectivity index (χ2n) is 6.02. The van der Waals surface area contributed by atoms with Crippen molar-refractivity contribution in [3.63, 3.8) is 0 Å². The molecule has 3 N–H and O–H groups in total. The van der Waals surface area contributed by atoms with Crippen molar-refractivity contribution >= 4 is 54.9 Å². The normalized spacial score (nSPS) is 16.7. The lowest BCUT2D eigenvalue weighted by Gasteiger charge is -2.12. The van der Waals surface area contributed by atoms with E-state index in [4.69, 9.17) is 21.4 Å². The van der Waals surface area contributed by atoms with Crippen LogP contribution in [0.25, 0.3) is 0 Å². The Morgan fingerprint density at radius 2 is 1.96 bits per heavy atom. The van der Waals surface area contributed by atoms with Gasteiger partial charge in [-0.05, 0) is 77.4 Å². The SMILES string of the molecule is O=C(NC(=S)Nc1ccc(S(=O)(=O)NCC2CCCO2)cc1)c1ccc(Br)o1. The molecule has 2 aromatic rings. The predicted octanol–water partition coefficient (Wildman–Crippen LogP) is 2.63. The first-order valence-corrected chi connectivity index (χ1v) is 11.1. The molecule has 1 fully saturated rings. The summed E-state index contributed by atoms with van der Waals surface area (Å²) in [6.07, 6.45) is 1.72. The minimum Gasteiger partial charge on any atom is -0.444 e. The van der Waals surface area contributed by atoms with Gasteiger partial charge < -0.3 is 14.5 Å². The zero-order valence-corrected chi connectivity index (χ0v) is 17.8. The Morgan fingerprint density at radius 3 is 2.57 bits per heavy atom. The van der Waals surface area contributed by atoms with Crippen LogP contribution in [0.2, 0.25) is 0 Å². The van der Waals surface area contributed by atoms with E-state index in [1.165, 1.54) is 18.2 Å². The van der Waals surface area contributed by atoms with Crippen molar-refractivity contribution < 1.29 is 22.4 Å². The maximum absolute atomic E-state index is 12.3. The van der Waals surface area contributed by atoms with Crippen LogP contribution in [0, 0.1) is 0 Å². The molecule has 8 nitrogen and oxygen atoms in total. The van der Waals surface area contributed by atoms with E-state index >= 15 is 0 Å². The molecule has 150 valence electrons. The molecule has 1 aromatic heterocycles. The van der Waals surface area contributed by atoms with Crippen molar-refractivity contribution in [3.8, 4) is 0 Å². The molecule has 28 heavy (non-hydrogen) atoms. The summed E-state index contributed by atoms with van der Waals surface area (Å²) in [6, 6.07) is 9.12. The Bertz CT molecular complexity index is 953. The van der Waals surface area contributed by atoms with E-state index in [9.17, 15) is 13.2 Å². The van der Waals surface area contributed by atoms with Crippen LogP contribution in [0.15, 0.2) is 50.4 Å². The Labute approximate surface area is 176 Å². The van der Waals surface area contributed by atoms with Gasteiger partial charge in [-0.2, -0.15) is 0 Å². The average molecular weight is 488 g/mol. The molecule has 1 aromatic carbocycles. The summed E-state index contributed by atoms with van der Waals surface area (Å²) in [5, 5.41) is 5.35. The Kier molecular flexibility index (Phi) is 6.83. The predicted molar refractivity (Wildman–Crippen MR) is 111 cm³/mol. The highest BCUT2D eigenvalue weighted by Gasteiger charge is 2.20. The molecule has 1 aliphatic heterocycles. The number of thiocarbonyl (C=S) groups is 1. The van der Waals surface area contributed by atoms with E-state index in [1.807, 2.05) is 0 Å². The fourth-order valence-corrected chi connectivity index (χ4v) is 4.16. The van der Waals surface area contributed by atoms with E-state index in [-0.39, 0.29) is 28.4 Å².